The number of hydrogen-bond donors (Lipinski definition) is 0. The zero-order valence-electron chi connectivity index (χ0n) is 11.2. The van der Waals surface area contributed by atoms with Crippen LogP contribution in [-0.2, 0) is 5.41 Å². The number of halogens is 1. The summed E-state index contributed by atoms with van der Waals surface area (Å²) in [7, 11) is 6.66. The third-order valence-electron chi connectivity index (χ3n) is 3.77. The van der Waals surface area contributed by atoms with Crippen LogP contribution in [-0.4, -0.2) is 32.2 Å². The van der Waals surface area contributed by atoms with Crippen molar-refractivity contribution in [2.75, 3.05) is 27.7 Å². The molecule has 1 nitrogen and oxygen atoms in total. The molecule has 0 amide bonds. The van der Waals surface area contributed by atoms with E-state index in [2.05, 4.69) is 27.2 Å². The molecule has 0 bridgehead atoms. The minimum atomic E-state index is -0.102. The Kier molecular flexibility index (Phi) is 3.26. The molecule has 0 unspecified atom stereocenters. The first-order valence-corrected chi connectivity index (χ1v) is 6.48. The second-order valence-electron chi connectivity index (χ2n) is 6.45. The molecule has 2 heteroatoms. The predicted molar refractivity (Wildman–Crippen MR) is 69.4 cm³/mol. The monoisotopic (exact) mass is 236 g/mol. The van der Waals surface area contributed by atoms with Crippen LogP contribution in [0.15, 0.2) is 24.3 Å². The average molecular weight is 236 g/mol. The Labute approximate surface area is 104 Å². The van der Waals surface area contributed by atoms with Crippen molar-refractivity contribution < 1.29 is 8.87 Å². The number of hydrogen-bond acceptors (Lipinski definition) is 0. The van der Waals surface area contributed by atoms with Crippen molar-refractivity contribution in [3.8, 4) is 0 Å². The van der Waals surface area contributed by atoms with Crippen LogP contribution in [0.1, 0.15) is 31.2 Å². The van der Waals surface area contributed by atoms with Gasteiger partial charge in [0.15, 0.2) is 0 Å². The van der Waals surface area contributed by atoms with Crippen molar-refractivity contribution in [1.82, 2.24) is 0 Å². The number of rotatable bonds is 3. The molecule has 0 N–H and O–H groups in total. The maximum absolute atomic E-state index is 13.4. The molecule has 0 aliphatic heterocycles. The maximum atomic E-state index is 13.4. The van der Waals surface area contributed by atoms with Crippen molar-refractivity contribution in [3.05, 3.63) is 35.6 Å². The zero-order valence-corrected chi connectivity index (χ0v) is 11.2. The third-order valence-corrected chi connectivity index (χ3v) is 3.77. The lowest BCUT2D eigenvalue weighted by molar-refractivity contribution is -0.874. The highest BCUT2D eigenvalue weighted by atomic mass is 19.1. The van der Waals surface area contributed by atoms with Gasteiger partial charge in [0, 0.05) is 5.41 Å². The van der Waals surface area contributed by atoms with Crippen molar-refractivity contribution in [2.24, 2.45) is 0 Å². The number of benzene rings is 1. The molecule has 0 radical (unpaired) electrons. The predicted octanol–water partition coefficient (Wildman–Crippen LogP) is 3.34. The van der Waals surface area contributed by atoms with Gasteiger partial charge in [-0.3, -0.25) is 0 Å². The fourth-order valence-electron chi connectivity index (χ4n) is 3.32. The van der Waals surface area contributed by atoms with Gasteiger partial charge in [-0.25, -0.2) is 4.39 Å². The Bertz CT molecular complexity index is 386. The molecule has 1 aromatic rings. The first-order chi connectivity index (χ1) is 7.91. The van der Waals surface area contributed by atoms with Crippen LogP contribution in [0, 0.1) is 5.82 Å². The van der Waals surface area contributed by atoms with Crippen LogP contribution in [0.4, 0.5) is 4.39 Å². The molecule has 0 spiro atoms. The number of nitrogens with zero attached hydrogens (tertiary/aromatic N) is 1. The topological polar surface area (TPSA) is 0 Å². The standard InChI is InChI=1S/C15H23FN/c1-17(2,3)12-15(9-4-5-10-15)13-7-6-8-14(16)11-13/h6-8,11H,4-5,9-10,12H2,1-3H3/q+1. The quantitative estimate of drug-likeness (QED) is 0.706. The van der Waals surface area contributed by atoms with Crippen LogP contribution < -0.4 is 0 Å². The summed E-state index contributed by atoms with van der Waals surface area (Å²) in [5, 5.41) is 0. The normalized spacial score (nSPS) is 19.5. The fraction of sp³-hybridized carbons (Fsp3) is 0.600. The van der Waals surface area contributed by atoms with Crippen molar-refractivity contribution >= 4 is 0 Å². The van der Waals surface area contributed by atoms with Gasteiger partial charge < -0.3 is 4.48 Å². The molecule has 0 aromatic heterocycles. The van der Waals surface area contributed by atoms with Crippen molar-refractivity contribution in [3.63, 3.8) is 0 Å². The van der Waals surface area contributed by atoms with E-state index in [-0.39, 0.29) is 11.2 Å². The van der Waals surface area contributed by atoms with Gasteiger partial charge in [0.25, 0.3) is 0 Å². The molecule has 0 heterocycles. The van der Waals surface area contributed by atoms with E-state index in [9.17, 15) is 4.39 Å². The van der Waals surface area contributed by atoms with E-state index in [0.717, 1.165) is 11.0 Å². The Morgan fingerprint density at radius 2 is 1.82 bits per heavy atom. The van der Waals surface area contributed by atoms with Crippen LogP contribution in [0.3, 0.4) is 0 Å². The first kappa shape index (κ1) is 12.6. The van der Waals surface area contributed by atoms with E-state index in [4.69, 9.17) is 0 Å². The Morgan fingerprint density at radius 3 is 2.35 bits per heavy atom. The third kappa shape index (κ3) is 2.86. The summed E-state index contributed by atoms with van der Waals surface area (Å²) in [5.74, 6) is -0.102. The summed E-state index contributed by atoms with van der Waals surface area (Å²) < 4.78 is 14.4. The maximum Gasteiger partial charge on any atom is 0.123 e. The first-order valence-electron chi connectivity index (χ1n) is 6.48. The van der Waals surface area contributed by atoms with E-state index in [1.807, 2.05) is 6.07 Å². The SMILES string of the molecule is C[N+](C)(C)CC1(c2cccc(F)c2)CCCC1. The van der Waals surface area contributed by atoms with Gasteiger partial charge in [-0.05, 0) is 30.5 Å². The summed E-state index contributed by atoms with van der Waals surface area (Å²) in [4.78, 5) is 0. The summed E-state index contributed by atoms with van der Waals surface area (Å²) in [5.41, 5.74) is 1.39. The number of likely N-dealkylation sites (N-methyl/N-ethyl adjacent to an activating group) is 1. The molecule has 1 saturated carbocycles. The summed E-state index contributed by atoms with van der Waals surface area (Å²) in [6, 6.07) is 7.23. The van der Waals surface area contributed by atoms with Gasteiger partial charge in [-0.15, -0.1) is 0 Å². The number of quaternary nitrogens is 1. The zero-order chi connectivity index (χ0) is 12.5. The van der Waals surface area contributed by atoms with Crippen LogP contribution in [0.5, 0.6) is 0 Å². The highest BCUT2D eigenvalue weighted by molar-refractivity contribution is 5.27. The van der Waals surface area contributed by atoms with Gasteiger partial charge in [0.05, 0.1) is 27.7 Å². The average Bonchev–Trinajstić information content (AvgIpc) is 2.65. The lowest BCUT2D eigenvalue weighted by Gasteiger charge is -2.37. The molecular weight excluding hydrogens is 213 g/mol. The highest BCUT2D eigenvalue weighted by Crippen LogP contribution is 2.42. The lowest BCUT2D eigenvalue weighted by atomic mass is 9.78. The minimum absolute atomic E-state index is 0.102. The second kappa shape index (κ2) is 4.41. The Hall–Kier alpha value is -0.890. The molecule has 0 saturated heterocycles. The van der Waals surface area contributed by atoms with Gasteiger partial charge in [0.2, 0.25) is 0 Å². The fourth-order valence-corrected chi connectivity index (χ4v) is 3.32. The largest absolute Gasteiger partial charge is 0.330 e. The second-order valence-corrected chi connectivity index (χ2v) is 6.45. The van der Waals surface area contributed by atoms with E-state index in [1.165, 1.54) is 37.3 Å². The summed E-state index contributed by atoms with van der Waals surface area (Å²) in [6.07, 6.45) is 4.95. The van der Waals surface area contributed by atoms with Crippen LogP contribution in [0.25, 0.3) is 0 Å². The minimum Gasteiger partial charge on any atom is -0.330 e. The van der Waals surface area contributed by atoms with Gasteiger partial charge in [-0.1, -0.05) is 25.0 Å². The highest BCUT2D eigenvalue weighted by Gasteiger charge is 2.40. The molecule has 94 valence electrons. The molecule has 17 heavy (non-hydrogen) atoms. The van der Waals surface area contributed by atoms with Gasteiger partial charge in [-0.2, -0.15) is 0 Å². The Morgan fingerprint density at radius 1 is 1.18 bits per heavy atom. The molecule has 1 fully saturated rings. The lowest BCUT2D eigenvalue weighted by Crippen LogP contribution is -2.46. The van der Waals surface area contributed by atoms with E-state index >= 15 is 0 Å². The molecule has 1 aromatic carbocycles. The Balaban J connectivity index is 2.34. The molecular formula is C15H23FN+. The summed E-state index contributed by atoms with van der Waals surface area (Å²) in [6.45, 7) is 1.09. The molecule has 1 aliphatic rings. The molecule has 2 rings (SSSR count). The van der Waals surface area contributed by atoms with Gasteiger partial charge in [0.1, 0.15) is 5.82 Å². The van der Waals surface area contributed by atoms with E-state index in [0.29, 0.717) is 0 Å². The molecule has 1 aliphatic carbocycles. The van der Waals surface area contributed by atoms with Crippen molar-refractivity contribution in [1.29, 1.82) is 0 Å². The van der Waals surface area contributed by atoms with E-state index in [1.54, 1.807) is 6.07 Å². The van der Waals surface area contributed by atoms with Crippen molar-refractivity contribution in [2.45, 2.75) is 31.1 Å². The van der Waals surface area contributed by atoms with Crippen LogP contribution in [0.2, 0.25) is 0 Å². The van der Waals surface area contributed by atoms with E-state index < -0.39 is 0 Å². The van der Waals surface area contributed by atoms with Crippen LogP contribution >= 0.6 is 0 Å². The summed E-state index contributed by atoms with van der Waals surface area (Å²) >= 11 is 0. The molecule has 0 atom stereocenters. The van der Waals surface area contributed by atoms with Gasteiger partial charge >= 0.3 is 0 Å². The smallest absolute Gasteiger partial charge is 0.123 e.